The second-order valence-corrected chi connectivity index (χ2v) is 8.69. The summed E-state index contributed by atoms with van der Waals surface area (Å²) >= 11 is 2.77. The minimum absolute atomic E-state index is 0.330. The van der Waals surface area contributed by atoms with Gasteiger partial charge in [-0.15, -0.1) is 28.6 Å². The maximum Gasteiger partial charge on any atom is 0.237 e. The van der Waals surface area contributed by atoms with Crippen molar-refractivity contribution in [2.45, 2.75) is 47.2 Å². The summed E-state index contributed by atoms with van der Waals surface area (Å²) in [4.78, 5) is 1.18. The second kappa shape index (κ2) is 8.85. The fourth-order valence-corrected chi connectivity index (χ4v) is 4.59. The molecule has 0 spiro atoms. The van der Waals surface area contributed by atoms with E-state index in [-0.39, 0.29) is 6.61 Å². The number of hydrogen-bond acceptors (Lipinski definition) is 8. The largest absolute Gasteiger partial charge is 0.459 e. The molecule has 1 aliphatic rings. The fourth-order valence-electron chi connectivity index (χ4n) is 2.96. The van der Waals surface area contributed by atoms with Crippen LogP contribution in [0.4, 0.5) is 0 Å². The lowest BCUT2D eigenvalue weighted by atomic mass is 10.0. The van der Waals surface area contributed by atoms with Crippen LogP contribution in [-0.2, 0) is 6.42 Å². The van der Waals surface area contributed by atoms with Crippen LogP contribution in [0, 0.1) is 6.92 Å². The molecule has 0 unspecified atom stereocenters. The molecule has 1 aromatic heterocycles. The molecule has 1 fully saturated rings. The molecule has 0 bridgehead atoms. The molecule has 148 valence electrons. The van der Waals surface area contributed by atoms with Crippen LogP contribution < -0.4 is 4.74 Å². The van der Waals surface area contributed by atoms with Gasteiger partial charge in [-0.25, -0.2) is 0 Å². The van der Waals surface area contributed by atoms with Gasteiger partial charge in [0.2, 0.25) is 5.88 Å². The summed E-state index contributed by atoms with van der Waals surface area (Å²) < 4.78 is 5.87. The third kappa shape index (κ3) is 4.44. The number of rotatable bonds is 6. The topological polar surface area (TPSA) is 119 Å². The van der Waals surface area contributed by atoms with E-state index >= 15 is 0 Å². The van der Waals surface area contributed by atoms with Crippen LogP contribution in [0.25, 0.3) is 0 Å². The highest BCUT2D eigenvalue weighted by Crippen LogP contribution is 2.35. The average Bonchev–Trinajstić information content (AvgIpc) is 3.02. The molecule has 0 amide bonds. The summed E-state index contributed by atoms with van der Waals surface area (Å²) in [6, 6.07) is 8.21. The number of H-pyrrole nitrogens is 1. The van der Waals surface area contributed by atoms with Crippen LogP contribution in [0.3, 0.4) is 0 Å². The Morgan fingerprint density at radius 2 is 1.85 bits per heavy atom. The van der Waals surface area contributed by atoms with Crippen molar-refractivity contribution < 1.29 is 25.2 Å². The zero-order valence-electron chi connectivity index (χ0n) is 15.1. The molecule has 9 heteroatoms. The van der Waals surface area contributed by atoms with Gasteiger partial charge in [-0.05, 0) is 30.9 Å². The van der Waals surface area contributed by atoms with E-state index in [2.05, 4.69) is 22.3 Å². The van der Waals surface area contributed by atoms with Gasteiger partial charge in [0.25, 0.3) is 0 Å². The quantitative estimate of drug-likeness (QED) is 0.445. The summed E-state index contributed by atoms with van der Waals surface area (Å²) in [6.07, 6.45) is -1.27. The average molecular weight is 413 g/mol. The van der Waals surface area contributed by atoms with Crippen molar-refractivity contribution in [2.24, 2.45) is 0 Å². The minimum atomic E-state index is -1.39. The van der Waals surface area contributed by atoms with Crippen LogP contribution >= 0.6 is 23.5 Å². The summed E-state index contributed by atoms with van der Waals surface area (Å²) in [7, 11) is 0. The molecule has 1 saturated heterocycles. The second-order valence-electron chi connectivity index (χ2n) is 6.47. The predicted octanol–water partition coefficient (Wildman–Crippen LogP) is 0.926. The van der Waals surface area contributed by atoms with Gasteiger partial charge >= 0.3 is 0 Å². The number of aromatic amines is 1. The van der Waals surface area contributed by atoms with Crippen LogP contribution in [-0.4, -0.2) is 72.5 Å². The summed E-state index contributed by atoms with van der Waals surface area (Å²) in [6.45, 7) is 1.56. The lowest BCUT2D eigenvalue weighted by Gasteiger charge is -2.38. The molecule has 0 radical (unpaired) electrons. The van der Waals surface area contributed by atoms with Crippen LogP contribution in [0.15, 0.2) is 29.2 Å². The molecule has 1 aliphatic heterocycles. The molecular weight excluding hydrogens is 388 g/mol. The lowest BCUT2D eigenvalue weighted by molar-refractivity contribution is -0.0915. The Hall–Kier alpha value is -1.23. The van der Waals surface area contributed by atoms with E-state index in [1.807, 2.05) is 25.3 Å². The number of hydrogen-bond donors (Lipinski definition) is 5. The number of aryl methyl sites for hydroxylation is 1. The Morgan fingerprint density at radius 1 is 1.15 bits per heavy atom. The van der Waals surface area contributed by atoms with E-state index in [1.54, 1.807) is 11.8 Å². The first-order chi connectivity index (χ1) is 12.9. The van der Waals surface area contributed by atoms with Crippen molar-refractivity contribution in [3.8, 4) is 5.88 Å². The zero-order chi connectivity index (χ0) is 19.6. The van der Waals surface area contributed by atoms with Gasteiger partial charge in [0.1, 0.15) is 12.2 Å². The number of nitrogens with one attached hydrogen (secondary N) is 1. The molecule has 1 aromatic carbocycles. The van der Waals surface area contributed by atoms with Gasteiger partial charge in [0, 0.05) is 22.6 Å². The highest BCUT2D eigenvalue weighted by atomic mass is 32.2. The fraction of sp³-hybridized carbons (Fsp3) is 0.500. The molecule has 5 atom stereocenters. The van der Waals surface area contributed by atoms with Crippen molar-refractivity contribution in [1.82, 2.24) is 10.2 Å². The molecule has 3 rings (SSSR count). The SMILES string of the molecule is CSc1ccc(Cc2c(O[C@@H]3S[C@H](CO)[C@@H](O)[C@H](O)[C@H]3O)n[nH]c2C)cc1. The first-order valence-corrected chi connectivity index (χ1v) is 10.7. The summed E-state index contributed by atoms with van der Waals surface area (Å²) in [5, 5.41) is 46.0. The Bertz CT molecular complexity index is 753. The van der Waals surface area contributed by atoms with Crippen LogP contribution in [0.5, 0.6) is 5.88 Å². The van der Waals surface area contributed by atoms with Crippen molar-refractivity contribution in [3.05, 3.63) is 41.1 Å². The minimum Gasteiger partial charge on any atom is -0.459 e. The van der Waals surface area contributed by atoms with Gasteiger partial charge < -0.3 is 25.2 Å². The van der Waals surface area contributed by atoms with E-state index in [4.69, 9.17) is 4.74 Å². The monoisotopic (exact) mass is 412 g/mol. The van der Waals surface area contributed by atoms with Gasteiger partial charge in [-0.1, -0.05) is 12.1 Å². The number of aromatic nitrogens is 2. The Morgan fingerprint density at radius 3 is 2.48 bits per heavy atom. The maximum atomic E-state index is 10.2. The number of ether oxygens (including phenoxy) is 1. The van der Waals surface area contributed by atoms with Crippen molar-refractivity contribution >= 4 is 23.5 Å². The van der Waals surface area contributed by atoms with Gasteiger partial charge in [-0.3, -0.25) is 5.10 Å². The Balaban J connectivity index is 1.77. The molecule has 0 aliphatic carbocycles. The number of aliphatic hydroxyl groups excluding tert-OH is 4. The molecule has 5 N–H and O–H groups in total. The first kappa shape index (κ1) is 20.5. The van der Waals surface area contributed by atoms with Crippen molar-refractivity contribution in [2.75, 3.05) is 12.9 Å². The van der Waals surface area contributed by atoms with Crippen molar-refractivity contribution in [1.29, 1.82) is 0 Å². The molecule has 2 aromatic rings. The molecule has 7 nitrogen and oxygen atoms in total. The van der Waals surface area contributed by atoms with E-state index in [0.29, 0.717) is 12.3 Å². The zero-order valence-corrected chi connectivity index (χ0v) is 16.7. The highest BCUT2D eigenvalue weighted by Gasteiger charge is 2.44. The van der Waals surface area contributed by atoms with Gasteiger partial charge in [0.05, 0.1) is 18.0 Å². The summed E-state index contributed by atoms with van der Waals surface area (Å²) in [5.74, 6) is 0.346. The number of thioether (sulfide) groups is 2. The molecule has 2 heterocycles. The first-order valence-electron chi connectivity index (χ1n) is 8.58. The van der Waals surface area contributed by atoms with E-state index in [9.17, 15) is 20.4 Å². The van der Waals surface area contributed by atoms with E-state index < -0.39 is 29.0 Å². The predicted molar refractivity (Wildman–Crippen MR) is 105 cm³/mol. The standard InChI is InChI=1S/C18H24N2O5S2/c1-9-12(7-10-3-5-11(26-2)6-4-10)17(20-19-9)25-18-16(24)15(23)14(22)13(8-21)27-18/h3-6,13-16,18,21-24H,7-8H2,1-2H3,(H,19,20)/t13-,14-,15+,16-,18-/m1/s1. The Labute approximate surface area is 166 Å². The van der Waals surface area contributed by atoms with E-state index in [1.165, 1.54) is 4.90 Å². The molecular formula is C18H24N2O5S2. The number of benzene rings is 1. The van der Waals surface area contributed by atoms with Crippen molar-refractivity contribution in [3.63, 3.8) is 0 Å². The highest BCUT2D eigenvalue weighted by molar-refractivity contribution is 8.00. The third-order valence-electron chi connectivity index (χ3n) is 4.65. The van der Waals surface area contributed by atoms with Crippen LogP contribution in [0.1, 0.15) is 16.8 Å². The summed E-state index contributed by atoms with van der Waals surface area (Å²) in [5.41, 5.74) is 1.97. The van der Waals surface area contributed by atoms with Gasteiger partial charge in [0.15, 0.2) is 5.44 Å². The smallest absolute Gasteiger partial charge is 0.237 e. The normalized spacial score (nSPS) is 28.3. The third-order valence-corrected chi connectivity index (χ3v) is 6.82. The number of nitrogens with zero attached hydrogens (tertiary/aromatic N) is 1. The Kier molecular flexibility index (Phi) is 6.72. The van der Waals surface area contributed by atoms with Crippen LogP contribution in [0.2, 0.25) is 0 Å². The lowest BCUT2D eigenvalue weighted by Crippen LogP contribution is -2.55. The van der Waals surface area contributed by atoms with E-state index in [0.717, 1.165) is 28.6 Å². The maximum absolute atomic E-state index is 10.2. The van der Waals surface area contributed by atoms with Gasteiger partial charge in [-0.2, -0.15) is 0 Å². The molecule has 27 heavy (non-hydrogen) atoms. The number of aliphatic hydroxyl groups is 4. The molecule has 0 saturated carbocycles.